The second-order valence-electron chi connectivity index (χ2n) is 9.69. The van der Waals surface area contributed by atoms with Crippen molar-refractivity contribution in [1.82, 2.24) is 20.3 Å². The summed E-state index contributed by atoms with van der Waals surface area (Å²) in [6, 6.07) is 4.53. The van der Waals surface area contributed by atoms with Crippen LogP contribution in [-0.2, 0) is 26.0 Å². The quantitative estimate of drug-likeness (QED) is 0.465. The lowest BCUT2D eigenvalue weighted by molar-refractivity contribution is -0.130. The second kappa shape index (κ2) is 12.5. The summed E-state index contributed by atoms with van der Waals surface area (Å²) in [5, 5.41) is 8.53. The van der Waals surface area contributed by atoms with Crippen molar-refractivity contribution in [3.05, 3.63) is 29.8 Å². The average molecular weight is 507 g/mol. The van der Waals surface area contributed by atoms with Gasteiger partial charge in [0.2, 0.25) is 5.91 Å². The van der Waals surface area contributed by atoms with Crippen molar-refractivity contribution in [2.24, 2.45) is 0 Å². The molecule has 1 atom stereocenters. The van der Waals surface area contributed by atoms with E-state index >= 15 is 0 Å². The van der Waals surface area contributed by atoms with E-state index in [0.29, 0.717) is 38.8 Å². The van der Waals surface area contributed by atoms with Crippen molar-refractivity contribution in [2.75, 3.05) is 13.1 Å². The summed E-state index contributed by atoms with van der Waals surface area (Å²) in [6.07, 6.45) is 6.76. The number of benzene rings is 1. The zero-order valence-corrected chi connectivity index (χ0v) is 21.5. The number of urea groups is 1. The van der Waals surface area contributed by atoms with Crippen LogP contribution in [0, 0.1) is 0 Å². The minimum atomic E-state index is -4.01. The van der Waals surface area contributed by atoms with E-state index in [1.54, 1.807) is 26.0 Å². The van der Waals surface area contributed by atoms with Gasteiger partial charge in [0.1, 0.15) is 6.04 Å². The van der Waals surface area contributed by atoms with Crippen LogP contribution in [-0.4, -0.2) is 61.7 Å². The van der Waals surface area contributed by atoms with E-state index in [-0.39, 0.29) is 28.7 Å². The van der Waals surface area contributed by atoms with Crippen molar-refractivity contribution in [2.45, 2.75) is 94.7 Å². The van der Waals surface area contributed by atoms with Crippen molar-refractivity contribution in [3.63, 3.8) is 0 Å². The van der Waals surface area contributed by atoms with Crippen LogP contribution in [0.5, 0.6) is 0 Å². The second-order valence-corrected chi connectivity index (χ2v) is 11.5. The van der Waals surface area contributed by atoms with Gasteiger partial charge in [0.25, 0.3) is 10.0 Å². The number of hydrogen-bond donors (Lipinski definition) is 3. The van der Waals surface area contributed by atoms with Gasteiger partial charge in [0.15, 0.2) is 5.78 Å². The monoisotopic (exact) mass is 506 g/mol. The Kier molecular flexibility index (Phi) is 9.68. The summed E-state index contributed by atoms with van der Waals surface area (Å²) in [5.41, 5.74) is 0.847. The number of hydrogen-bond acceptors (Lipinski definition) is 6. The van der Waals surface area contributed by atoms with Crippen molar-refractivity contribution < 1.29 is 22.8 Å². The van der Waals surface area contributed by atoms with Crippen LogP contribution >= 0.6 is 0 Å². The van der Waals surface area contributed by atoms with Crippen LogP contribution < -0.4 is 16.0 Å². The fourth-order valence-corrected chi connectivity index (χ4v) is 6.22. The highest BCUT2D eigenvalue weighted by atomic mass is 32.2. The molecular formula is C25H38N4O5S. The van der Waals surface area contributed by atoms with Gasteiger partial charge in [0.05, 0.1) is 10.9 Å². The Bertz CT molecular complexity index is 988. The van der Waals surface area contributed by atoms with Gasteiger partial charge >= 0.3 is 6.03 Å². The smallest absolute Gasteiger partial charge is 0.331 e. The van der Waals surface area contributed by atoms with E-state index in [1.807, 2.05) is 0 Å². The first kappa shape index (κ1) is 27.1. The molecule has 0 radical (unpaired) electrons. The fraction of sp³-hybridized carbons (Fsp3) is 0.640. The van der Waals surface area contributed by atoms with Gasteiger partial charge in [-0.05, 0) is 70.2 Å². The van der Waals surface area contributed by atoms with Crippen LogP contribution in [0.3, 0.4) is 0 Å². The van der Waals surface area contributed by atoms with Gasteiger partial charge in [-0.15, -0.1) is 0 Å². The largest absolute Gasteiger partial charge is 0.354 e. The van der Waals surface area contributed by atoms with Crippen molar-refractivity contribution >= 4 is 27.7 Å². The van der Waals surface area contributed by atoms with Gasteiger partial charge < -0.3 is 10.6 Å². The standard InChI is InChI=1S/C25H38N4O5S/c1-18(2)28-25(32)29(20-8-4-3-5-9-20)35(33,34)21-13-11-19(12-14-21)15-17-27-24(31)23-22(30)10-6-7-16-26-23/h11-14,18,20,23,26H,3-10,15-17H2,1-2H3,(H,27,31)(H,28,32). The maximum absolute atomic E-state index is 13.5. The summed E-state index contributed by atoms with van der Waals surface area (Å²) < 4.78 is 28.0. The van der Waals surface area contributed by atoms with E-state index in [9.17, 15) is 22.8 Å². The number of amides is 3. The van der Waals surface area contributed by atoms with Gasteiger partial charge in [-0.2, -0.15) is 0 Å². The molecule has 1 saturated heterocycles. The molecule has 35 heavy (non-hydrogen) atoms. The third-order valence-electron chi connectivity index (χ3n) is 6.49. The number of nitrogens with zero attached hydrogens (tertiary/aromatic N) is 1. The topological polar surface area (TPSA) is 125 Å². The summed E-state index contributed by atoms with van der Waals surface area (Å²) in [4.78, 5) is 37.4. The van der Waals surface area contributed by atoms with E-state index < -0.39 is 22.1 Å². The zero-order valence-electron chi connectivity index (χ0n) is 20.7. The molecule has 3 rings (SSSR count). The molecule has 9 nitrogen and oxygen atoms in total. The van der Waals surface area contributed by atoms with Gasteiger partial charge in [-0.1, -0.05) is 31.4 Å². The molecule has 1 unspecified atom stereocenters. The van der Waals surface area contributed by atoms with E-state index in [0.717, 1.165) is 42.0 Å². The lowest BCUT2D eigenvalue weighted by Crippen LogP contribution is -2.51. The Morgan fingerprint density at radius 2 is 1.74 bits per heavy atom. The summed E-state index contributed by atoms with van der Waals surface area (Å²) in [5.74, 6) is -0.408. The molecule has 10 heteroatoms. The first-order chi connectivity index (χ1) is 16.7. The van der Waals surface area contributed by atoms with Gasteiger partial charge in [-0.3, -0.25) is 14.9 Å². The number of carbonyl (C=O) groups is 3. The normalized spacial score (nSPS) is 19.7. The maximum Gasteiger partial charge on any atom is 0.331 e. The van der Waals surface area contributed by atoms with Crippen LogP contribution in [0.4, 0.5) is 4.79 Å². The molecule has 1 saturated carbocycles. The number of ketones is 1. The molecule has 2 fully saturated rings. The Balaban J connectivity index is 1.64. The van der Waals surface area contributed by atoms with Crippen LogP contribution in [0.25, 0.3) is 0 Å². The molecule has 3 amide bonds. The molecule has 1 aliphatic heterocycles. The Hall–Kier alpha value is -2.46. The molecule has 0 aromatic heterocycles. The lowest BCUT2D eigenvalue weighted by Gasteiger charge is -2.34. The molecule has 3 N–H and O–H groups in total. The fourth-order valence-electron chi connectivity index (χ4n) is 4.64. The number of Topliss-reactive ketones (excluding diaryl/α,β-unsaturated/α-hetero) is 1. The minimum absolute atomic E-state index is 0.0722. The van der Waals surface area contributed by atoms with E-state index in [2.05, 4.69) is 16.0 Å². The van der Waals surface area contributed by atoms with Crippen molar-refractivity contribution in [1.29, 1.82) is 0 Å². The Morgan fingerprint density at radius 3 is 2.40 bits per heavy atom. The lowest BCUT2D eigenvalue weighted by atomic mass is 9.96. The highest BCUT2D eigenvalue weighted by Crippen LogP contribution is 2.28. The molecule has 1 aromatic rings. The predicted octanol–water partition coefficient (Wildman–Crippen LogP) is 2.50. The summed E-state index contributed by atoms with van der Waals surface area (Å²) in [6.45, 7) is 4.59. The Morgan fingerprint density at radius 1 is 1.06 bits per heavy atom. The summed E-state index contributed by atoms with van der Waals surface area (Å²) in [7, 11) is -4.01. The molecule has 0 spiro atoms. The molecular weight excluding hydrogens is 468 g/mol. The molecule has 0 bridgehead atoms. The van der Waals surface area contributed by atoms with Crippen LogP contribution in [0.2, 0.25) is 0 Å². The van der Waals surface area contributed by atoms with Gasteiger partial charge in [0, 0.05) is 19.0 Å². The SMILES string of the molecule is CC(C)NC(=O)N(C1CCCCC1)S(=O)(=O)c1ccc(CCNC(=O)C2NCCCCC2=O)cc1. The van der Waals surface area contributed by atoms with Crippen LogP contribution in [0.1, 0.15) is 70.8 Å². The minimum Gasteiger partial charge on any atom is -0.354 e. The Labute approximate surface area is 208 Å². The highest BCUT2D eigenvalue weighted by Gasteiger charge is 2.36. The van der Waals surface area contributed by atoms with Crippen molar-refractivity contribution in [3.8, 4) is 0 Å². The number of carbonyl (C=O) groups excluding carboxylic acids is 3. The molecule has 2 aliphatic rings. The molecule has 194 valence electrons. The third-order valence-corrected chi connectivity index (χ3v) is 8.34. The maximum atomic E-state index is 13.5. The number of sulfonamides is 1. The molecule has 1 heterocycles. The average Bonchev–Trinajstić information content (AvgIpc) is 3.04. The van der Waals surface area contributed by atoms with Crippen LogP contribution in [0.15, 0.2) is 29.2 Å². The predicted molar refractivity (Wildman–Crippen MR) is 133 cm³/mol. The first-order valence-electron chi connectivity index (χ1n) is 12.7. The van der Waals surface area contributed by atoms with Gasteiger partial charge in [-0.25, -0.2) is 17.5 Å². The number of rotatable bonds is 8. The van der Waals surface area contributed by atoms with E-state index in [4.69, 9.17) is 0 Å². The first-order valence-corrected chi connectivity index (χ1v) is 14.1. The van der Waals surface area contributed by atoms with E-state index in [1.165, 1.54) is 12.1 Å². The third kappa shape index (κ3) is 7.27. The highest BCUT2D eigenvalue weighted by molar-refractivity contribution is 7.89. The zero-order chi connectivity index (χ0) is 25.4. The molecule has 1 aliphatic carbocycles. The molecule has 1 aromatic carbocycles. The summed E-state index contributed by atoms with van der Waals surface area (Å²) >= 11 is 0. The number of nitrogens with one attached hydrogen (secondary N) is 3.